The van der Waals surface area contributed by atoms with Gasteiger partial charge in [-0.3, -0.25) is 14.4 Å². The lowest BCUT2D eigenvalue weighted by atomic mass is 10.0. The highest BCUT2D eigenvalue weighted by Crippen LogP contribution is 2.22. The van der Waals surface area contributed by atoms with Crippen LogP contribution in [0.1, 0.15) is 132 Å². The fraction of sp³-hybridized carbons (Fsp3) is 0.484. The first-order chi connectivity index (χ1) is 39.8. The van der Waals surface area contributed by atoms with Crippen molar-refractivity contribution in [1.29, 1.82) is 0 Å². The Morgan fingerprint density at radius 2 is 1.09 bits per heavy atom. The third-order valence-electron chi connectivity index (χ3n) is 12.7. The van der Waals surface area contributed by atoms with Gasteiger partial charge in [-0.1, -0.05) is 97.1 Å². The van der Waals surface area contributed by atoms with Crippen molar-refractivity contribution >= 4 is 64.8 Å². The number of fused-ring (bicyclic) bond motifs is 1. The number of guanidine groups is 2. The highest BCUT2D eigenvalue weighted by atomic mass is 16.6. The van der Waals surface area contributed by atoms with Gasteiger partial charge in [-0.15, -0.1) is 9.98 Å². The molecule has 0 aliphatic carbocycles. The lowest BCUT2D eigenvalue weighted by Gasteiger charge is -2.33. The Morgan fingerprint density at radius 1 is 0.588 bits per heavy atom. The zero-order valence-corrected chi connectivity index (χ0v) is 51.5. The quantitative estimate of drug-likeness (QED) is 0.0408. The van der Waals surface area contributed by atoms with E-state index in [1.807, 2.05) is 97.1 Å². The van der Waals surface area contributed by atoms with Crippen molar-refractivity contribution in [3.05, 3.63) is 126 Å². The molecule has 0 unspecified atom stereocenters. The van der Waals surface area contributed by atoms with E-state index >= 15 is 4.79 Å². The number of aliphatic imine (C=N–C) groups is 2. The van der Waals surface area contributed by atoms with Crippen molar-refractivity contribution in [1.82, 2.24) is 24.9 Å². The number of carbonyl (C=O) groups excluding carboxylic acids is 7. The van der Waals surface area contributed by atoms with E-state index in [1.54, 1.807) is 100 Å². The summed E-state index contributed by atoms with van der Waals surface area (Å²) in [7, 11) is 0. The van der Waals surface area contributed by atoms with E-state index in [9.17, 15) is 28.8 Å². The zero-order chi connectivity index (χ0) is 62.7. The molecule has 2 atom stereocenters. The van der Waals surface area contributed by atoms with Gasteiger partial charge in [0.25, 0.3) is 0 Å². The number of nitrogens with two attached hydrogens (primary N) is 2. The first-order valence-electron chi connectivity index (χ1n) is 28.7. The molecule has 7 amide bonds. The molecule has 0 aromatic heterocycles. The van der Waals surface area contributed by atoms with Gasteiger partial charge in [-0.2, -0.15) is 0 Å². The highest BCUT2D eigenvalue weighted by molar-refractivity contribution is 5.99. The number of nitrogens with zero attached hydrogens (tertiary/aromatic N) is 6. The zero-order valence-electron chi connectivity index (χ0n) is 51.5. The monoisotopic (exact) mass is 1170 g/mol. The first-order valence-corrected chi connectivity index (χ1v) is 28.7. The SMILES string of the molecule is CC(C)(C)OC(=O)/N=C(\N)N(CCC[C@H]1CN(C(=O)Cc2ccc3ccccc3c2)C/C=C/CN(C(=O)CCc2ccc(OCc3ccccc3)cc2)[C@H](CCCN(C(=O)OC(C)(C)C)/C(N)=N/C(=O)OC(C)(C)C)C(=O)N1)C(=O)OC(C)(C)C. The van der Waals surface area contributed by atoms with E-state index in [-0.39, 0.29) is 83.1 Å². The van der Waals surface area contributed by atoms with Gasteiger partial charge in [-0.05, 0) is 155 Å². The summed E-state index contributed by atoms with van der Waals surface area (Å²) in [5, 5.41) is 5.14. The van der Waals surface area contributed by atoms with Crippen molar-refractivity contribution in [2.45, 2.75) is 169 Å². The fourth-order valence-electron chi connectivity index (χ4n) is 8.84. The Labute approximate surface area is 500 Å². The lowest BCUT2D eigenvalue weighted by Crippen LogP contribution is -2.54. The van der Waals surface area contributed by atoms with Gasteiger partial charge in [0.15, 0.2) is 0 Å². The molecule has 1 heterocycles. The topological polar surface area (TPSA) is 267 Å². The normalized spacial score (nSPS) is 16.1. The summed E-state index contributed by atoms with van der Waals surface area (Å²) in [6.45, 7) is 20.0. The van der Waals surface area contributed by atoms with E-state index in [0.29, 0.717) is 18.8 Å². The van der Waals surface area contributed by atoms with Crippen LogP contribution in [0.4, 0.5) is 19.2 Å². The Bertz CT molecular complexity index is 3030. The number of benzene rings is 4. The number of aryl methyl sites for hydroxylation is 1. The Kier molecular flexibility index (Phi) is 24.0. The maximum absolute atomic E-state index is 15.3. The van der Waals surface area contributed by atoms with Crippen LogP contribution in [0, 0.1) is 0 Å². The Balaban J connectivity index is 1.52. The van der Waals surface area contributed by atoms with Gasteiger partial charge >= 0.3 is 24.4 Å². The van der Waals surface area contributed by atoms with Crippen LogP contribution in [-0.2, 0) is 52.8 Å². The minimum Gasteiger partial charge on any atom is -0.489 e. The van der Waals surface area contributed by atoms with Gasteiger partial charge in [0.1, 0.15) is 40.8 Å². The van der Waals surface area contributed by atoms with Crippen molar-refractivity contribution in [3.8, 4) is 5.75 Å². The molecule has 5 rings (SSSR count). The third kappa shape index (κ3) is 24.0. The largest absolute Gasteiger partial charge is 0.489 e. The third-order valence-corrected chi connectivity index (χ3v) is 12.7. The summed E-state index contributed by atoms with van der Waals surface area (Å²) in [5.74, 6) is -1.52. The molecule has 21 nitrogen and oxygen atoms in total. The molecule has 0 fully saturated rings. The van der Waals surface area contributed by atoms with Crippen molar-refractivity contribution in [3.63, 3.8) is 0 Å². The average molecular weight is 1170 g/mol. The second-order valence-corrected chi connectivity index (χ2v) is 24.8. The molecule has 4 aromatic rings. The summed E-state index contributed by atoms with van der Waals surface area (Å²) in [6, 6.07) is 28.9. The molecule has 0 spiro atoms. The molecule has 5 N–H and O–H groups in total. The maximum atomic E-state index is 15.3. The molecule has 4 aromatic carbocycles. The van der Waals surface area contributed by atoms with Crippen LogP contribution in [0.25, 0.3) is 10.8 Å². The molecule has 1 aliphatic heterocycles. The molecule has 21 heteroatoms. The maximum Gasteiger partial charge on any atom is 0.437 e. The standard InChI is InChI=1S/C64H87N9O12/c1-61(2,3)82-57(77)68-55(65)72(59(79)84-63(7,8)9)38-20-26-49-42-70(53(75)41-46-28-32-47-24-16-17-25-48(47)40-46)36-18-19-37-71(52(74)35-31-44-29-33-50(34-30-44)81-43-45-22-14-13-15-23-45)51(54(76)67-49)27-21-39-73(60(80)85-64(10,11)12)56(66)69-58(78)83-62(4,5)6/h13-19,22-25,28-30,32-34,40,49,51H,20-21,26-27,31,35-39,41-43H2,1-12H3,(H,67,76)(H2,65,68,77)(H2,66,69,78)/b19-18+/t49-,51+/m0/s1. The summed E-state index contributed by atoms with van der Waals surface area (Å²) < 4.78 is 28.1. The van der Waals surface area contributed by atoms with E-state index < -0.39 is 76.7 Å². The van der Waals surface area contributed by atoms with Crippen LogP contribution in [0.15, 0.2) is 119 Å². The van der Waals surface area contributed by atoms with E-state index in [2.05, 4.69) is 15.3 Å². The number of hydrogen-bond acceptors (Lipinski definition) is 12. The smallest absolute Gasteiger partial charge is 0.437 e. The van der Waals surface area contributed by atoms with Gasteiger partial charge in [0.05, 0.1) is 6.42 Å². The van der Waals surface area contributed by atoms with Gasteiger partial charge in [0.2, 0.25) is 29.6 Å². The molecular formula is C64H87N9O12. The molecular weight excluding hydrogens is 1090 g/mol. The summed E-state index contributed by atoms with van der Waals surface area (Å²) in [4.78, 5) is 111. The molecule has 85 heavy (non-hydrogen) atoms. The van der Waals surface area contributed by atoms with Gasteiger partial charge in [-0.25, -0.2) is 29.0 Å². The minimum absolute atomic E-state index is 0.00602. The van der Waals surface area contributed by atoms with E-state index in [0.717, 1.165) is 37.3 Å². The van der Waals surface area contributed by atoms with Gasteiger partial charge < -0.3 is 50.3 Å². The number of carbonyl (C=O) groups is 7. The molecule has 0 saturated heterocycles. The average Bonchev–Trinajstić information content (AvgIpc) is 3.64. The number of ether oxygens (including phenoxy) is 5. The van der Waals surface area contributed by atoms with Crippen LogP contribution in [0.5, 0.6) is 5.75 Å². The molecule has 0 bridgehead atoms. The first kappa shape index (κ1) is 67.3. The summed E-state index contributed by atoms with van der Waals surface area (Å²) in [6.07, 6.45) is 0.244. The van der Waals surface area contributed by atoms with Crippen LogP contribution >= 0.6 is 0 Å². The Hall–Kier alpha value is -8.49. The van der Waals surface area contributed by atoms with Crippen LogP contribution < -0.4 is 21.5 Å². The molecule has 460 valence electrons. The van der Waals surface area contributed by atoms with Crippen LogP contribution in [0.3, 0.4) is 0 Å². The fourth-order valence-corrected chi connectivity index (χ4v) is 8.84. The Morgan fingerprint density at radius 3 is 1.65 bits per heavy atom. The number of hydrogen-bond donors (Lipinski definition) is 3. The predicted molar refractivity (Wildman–Crippen MR) is 326 cm³/mol. The predicted octanol–water partition coefficient (Wildman–Crippen LogP) is 10.2. The van der Waals surface area contributed by atoms with E-state index in [1.165, 1.54) is 4.90 Å². The number of rotatable bonds is 16. The second-order valence-electron chi connectivity index (χ2n) is 24.8. The van der Waals surface area contributed by atoms with Crippen molar-refractivity contribution in [2.24, 2.45) is 21.5 Å². The molecule has 0 radical (unpaired) electrons. The lowest BCUT2D eigenvalue weighted by molar-refractivity contribution is -0.140. The minimum atomic E-state index is -1.19. The second kappa shape index (κ2) is 30.4. The number of nitrogens with one attached hydrogen (secondary N) is 1. The van der Waals surface area contributed by atoms with E-state index in [4.69, 9.17) is 35.2 Å². The molecule has 0 saturated carbocycles. The van der Waals surface area contributed by atoms with Crippen molar-refractivity contribution < 1.29 is 57.2 Å². The van der Waals surface area contributed by atoms with Gasteiger partial charge in [0, 0.05) is 45.2 Å². The summed E-state index contributed by atoms with van der Waals surface area (Å²) >= 11 is 0. The van der Waals surface area contributed by atoms with Crippen LogP contribution in [0.2, 0.25) is 0 Å². The molecule has 1 aliphatic rings. The number of amides is 7. The van der Waals surface area contributed by atoms with Crippen LogP contribution in [-0.4, -0.2) is 141 Å². The highest BCUT2D eigenvalue weighted by Gasteiger charge is 2.34. The summed E-state index contributed by atoms with van der Waals surface area (Å²) in [5.41, 5.74) is 11.5. The van der Waals surface area contributed by atoms with Crippen molar-refractivity contribution in [2.75, 3.05) is 32.7 Å².